The quantitative estimate of drug-likeness (QED) is 0.850. The molecule has 0 aliphatic heterocycles. The Balaban J connectivity index is 2.05. The van der Waals surface area contributed by atoms with E-state index in [1.165, 1.54) is 43.5 Å². The van der Waals surface area contributed by atoms with Crippen molar-refractivity contribution in [3.8, 4) is 0 Å². The summed E-state index contributed by atoms with van der Waals surface area (Å²) in [6.45, 7) is 4.43. The lowest BCUT2D eigenvalue weighted by Gasteiger charge is -2.32. The third-order valence-electron chi connectivity index (χ3n) is 4.01. The topological polar surface area (TPSA) is 29.9 Å². The highest BCUT2D eigenvalue weighted by atomic mass is 15.3. The number of anilines is 1. The van der Waals surface area contributed by atoms with Crippen molar-refractivity contribution in [2.24, 2.45) is 13.0 Å². The van der Waals surface area contributed by atoms with Crippen LogP contribution in [0, 0.1) is 12.8 Å². The second-order valence-electron chi connectivity index (χ2n) is 4.97. The van der Waals surface area contributed by atoms with Gasteiger partial charge in [-0.2, -0.15) is 5.10 Å². The van der Waals surface area contributed by atoms with E-state index in [9.17, 15) is 0 Å². The van der Waals surface area contributed by atoms with E-state index >= 15 is 0 Å². The van der Waals surface area contributed by atoms with Crippen LogP contribution in [0.25, 0.3) is 0 Å². The Hall–Kier alpha value is -0.990. The van der Waals surface area contributed by atoms with Gasteiger partial charge in [0, 0.05) is 13.1 Å². The molecule has 0 spiro atoms. The van der Waals surface area contributed by atoms with Gasteiger partial charge < -0.3 is 5.32 Å². The molecule has 0 radical (unpaired) electrons. The summed E-state index contributed by atoms with van der Waals surface area (Å²) in [4.78, 5) is 0. The Morgan fingerprint density at radius 3 is 2.81 bits per heavy atom. The highest BCUT2D eigenvalue weighted by molar-refractivity contribution is 5.46. The van der Waals surface area contributed by atoms with E-state index < -0.39 is 0 Å². The van der Waals surface area contributed by atoms with Crippen LogP contribution in [0.1, 0.15) is 44.7 Å². The van der Waals surface area contributed by atoms with Gasteiger partial charge in [0.15, 0.2) is 0 Å². The van der Waals surface area contributed by atoms with Crippen molar-refractivity contribution in [1.82, 2.24) is 9.78 Å². The molecule has 1 aromatic heterocycles. The summed E-state index contributed by atoms with van der Waals surface area (Å²) in [6.07, 6.45) is 8.71. The summed E-state index contributed by atoms with van der Waals surface area (Å²) in [7, 11) is 2.00. The van der Waals surface area contributed by atoms with E-state index in [0.717, 1.165) is 5.92 Å². The molecule has 2 atom stereocenters. The maximum absolute atomic E-state index is 4.29. The van der Waals surface area contributed by atoms with Crippen LogP contribution in [0.5, 0.6) is 0 Å². The lowest BCUT2D eigenvalue weighted by molar-refractivity contribution is 0.317. The first-order valence-corrected chi connectivity index (χ1v) is 6.47. The van der Waals surface area contributed by atoms with Crippen LogP contribution in [0.4, 0.5) is 5.69 Å². The second-order valence-corrected chi connectivity index (χ2v) is 4.97. The Morgan fingerprint density at radius 1 is 1.44 bits per heavy atom. The number of aryl methyl sites for hydroxylation is 1. The lowest BCUT2D eigenvalue weighted by Crippen LogP contribution is -2.31. The van der Waals surface area contributed by atoms with Crippen LogP contribution in [0.3, 0.4) is 0 Å². The van der Waals surface area contributed by atoms with Crippen LogP contribution in [0.2, 0.25) is 0 Å². The molecular weight excluding hydrogens is 198 g/mol. The van der Waals surface area contributed by atoms with Crippen molar-refractivity contribution >= 4 is 5.69 Å². The van der Waals surface area contributed by atoms with E-state index in [1.54, 1.807) is 0 Å². The van der Waals surface area contributed by atoms with E-state index in [0.29, 0.717) is 6.04 Å². The number of hydrogen-bond acceptors (Lipinski definition) is 2. The Morgan fingerprint density at radius 2 is 2.19 bits per heavy atom. The number of nitrogens with zero attached hydrogens (tertiary/aromatic N) is 2. The molecule has 1 saturated carbocycles. The van der Waals surface area contributed by atoms with Crippen LogP contribution in [0.15, 0.2) is 6.20 Å². The van der Waals surface area contributed by atoms with Crippen molar-refractivity contribution in [3.05, 3.63) is 11.9 Å². The molecule has 0 amide bonds. The molecule has 1 fully saturated rings. The van der Waals surface area contributed by atoms with E-state index in [2.05, 4.69) is 24.3 Å². The summed E-state index contributed by atoms with van der Waals surface area (Å²) in [5.74, 6) is 0.841. The van der Waals surface area contributed by atoms with Gasteiger partial charge in [-0.15, -0.1) is 0 Å². The smallest absolute Gasteiger partial charge is 0.0758 e. The van der Waals surface area contributed by atoms with Gasteiger partial charge >= 0.3 is 0 Å². The zero-order valence-corrected chi connectivity index (χ0v) is 10.7. The monoisotopic (exact) mass is 221 g/mol. The number of rotatable bonds is 3. The first-order chi connectivity index (χ1) is 7.72. The summed E-state index contributed by atoms with van der Waals surface area (Å²) in [5, 5.41) is 7.97. The third kappa shape index (κ3) is 2.23. The summed E-state index contributed by atoms with van der Waals surface area (Å²) >= 11 is 0. The molecular formula is C13H23N3. The maximum Gasteiger partial charge on any atom is 0.0758 e. The highest BCUT2D eigenvalue weighted by Gasteiger charge is 2.24. The Bertz CT molecular complexity index is 343. The third-order valence-corrected chi connectivity index (χ3v) is 4.01. The zero-order chi connectivity index (χ0) is 11.5. The molecule has 2 rings (SSSR count). The second kappa shape index (κ2) is 4.89. The fourth-order valence-electron chi connectivity index (χ4n) is 2.73. The minimum atomic E-state index is 0.654. The van der Waals surface area contributed by atoms with Crippen LogP contribution < -0.4 is 5.32 Å². The largest absolute Gasteiger partial charge is 0.379 e. The molecule has 1 heterocycles. The van der Waals surface area contributed by atoms with Crippen molar-refractivity contribution in [2.75, 3.05) is 5.32 Å². The predicted molar refractivity (Wildman–Crippen MR) is 67.6 cm³/mol. The zero-order valence-electron chi connectivity index (χ0n) is 10.7. The van der Waals surface area contributed by atoms with Crippen molar-refractivity contribution in [1.29, 1.82) is 0 Å². The van der Waals surface area contributed by atoms with E-state index in [-0.39, 0.29) is 0 Å². The molecule has 16 heavy (non-hydrogen) atoms. The minimum absolute atomic E-state index is 0.654. The molecule has 0 aromatic carbocycles. The van der Waals surface area contributed by atoms with Crippen LogP contribution in [-0.2, 0) is 7.05 Å². The minimum Gasteiger partial charge on any atom is -0.379 e. The average molecular weight is 221 g/mol. The highest BCUT2D eigenvalue weighted by Crippen LogP contribution is 2.29. The fraction of sp³-hybridized carbons (Fsp3) is 0.769. The van der Waals surface area contributed by atoms with Crippen LogP contribution >= 0.6 is 0 Å². The van der Waals surface area contributed by atoms with Crippen molar-refractivity contribution in [2.45, 2.75) is 52.0 Å². The molecule has 2 unspecified atom stereocenters. The van der Waals surface area contributed by atoms with Gasteiger partial charge in [-0.1, -0.05) is 26.2 Å². The molecule has 1 N–H and O–H groups in total. The molecule has 90 valence electrons. The Kier molecular flexibility index (Phi) is 3.52. The molecule has 0 bridgehead atoms. The van der Waals surface area contributed by atoms with Crippen LogP contribution in [-0.4, -0.2) is 15.8 Å². The van der Waals surface area contributed by atoms with E-state index in [4.69, 9.17) is 0 Å². The molecule has 3 heteroatoms. The molecule has 3 nitrogen and oxygen atoms in total. The number of hydrogen-bond donors (Lipinski definition) is 1. The lowest BCUT2D eigenvalue weighted by atomic mass is 9.83. The maximum atomic E-state index is 4.29. The van der Waals surface area contributed by atoms with Gasteiger partial charge in [-0.25, -0.2) is 0 Å². The molecule has 1 aliphatic rings. The summed E-state index contributed by atoms with van der Waals surface area (Å²) < 4.78 is 1.94. The van der Waals surface area contributed by atoms with Gasteiger partial charge in [-0.3, -0.25) is 4.68 Å². The fourth-order valence-corrected chi connectivity index (χ4v) is 2.73. The molecule has 1 aromatic rings. The normalized spacial score (nSPS) is 25.7. The average Bonchev–Trinajstić information content (AvgIpc) is 2.62. The number of aromatic nitrogens is 2. The van der Waals surface area contributed by atoms with Crippen molar-refractivity contribution in [3.63, 3.8) is 0 Å². The molecule has 1 aliphatic carbocycles. The van der Waals surface area contributed by atoms with Gasteiger partial charge in [0.05, 0.1) is 17.6 Å². The van der Waals surface area contributed by atoms with Gasteiger partial charge in [-0.05, 0) is 25.7 Å². The van der Waals surface area contributed by atoms with Gasteiger partial charge in [0.1, 0.15) is 0 Å². The van der Waals surface area contributed by atoms with Gasteiger partial charge in [0.25, 0.3) is 0 Å². The van der Waals surface area contributed by atoms with Gasteiger partial charge in [0.2, 0.25) is 0 Å². The number of nitrogens with one attached hydrogen (secondary N) is 1. The summed E-state index contributed by atoms with van der Waals surface area (Å²) in [5.41, 5.74) is 2.45. The molecule has 0 saturated heterocycles. The first-order valence-electron chi connectivity index (χ1n) is 6.47. The predicted octanol–water partition coefficient (Wildman–Crippen LogP) is 3.11. The summed E-state index contributed by atoms with van der Waals surface area (Å²) in [6, 6.07) is 0.654. The Labute approximate surface area is 98.2 Å². The first kappa shape index (κ1) is 11.5. The van der Waals surface area contributed by atoms with Crippen molar-refractivity contribution < 1.29 is 0 Å². The standard InChI is InChI=1S/C13H23N3/c1-4-11-7-5-6-8-12(11)15-13-9-14-16(3)10(13)2/h9,11-12,15H,4-8H2,1-3H3. The SMILES string of the molecule is CCC1CCCCC1Nc1cnn(C)c1C. The van der Waals surface area contributed by atoms with E-state index in [1.807, 2.05) is 17.9 Å².